The van der Waals surface area contributed by atoms with Gasteiger partial charge < -0.3 is 5.73 Å². The minimum absolute atomic E-state index is 0.000725. The lowest BCUT2D eigenvalue weighted by molar-refractivity contribution is 0.503. The van der Waals surface area contributed by atoms with E-state index in [1.165, 1.54) is 17.9 Å². The van der Waals surface area contributed by atoms with Crippen LogP contribution in [0.15, 0.2) is 11.1 Å². The number of nitrogens with two attached hydrogens (primary N) is 1. The van der Waals surface area contributed by atoms with Gasteiger partial charge in [0.15, 0.2) is 5.82 Å². The molecule has 0 aromatic carbocycles. The van der Waals surface area contributed by atoms with Crippen molar-refractivity contribution in [1.29, 1.82) is 0 Å². The van der Waals surface area contributed by atoms with Crippen molar-refractivity contribution >= 4 is 15.8 Å². The fourth-order valence-corrected chi connectivity index (χ4v) is 2.48. The van der Waals surface area contributed by atoms with Crippen LogP contribution in [0.3, 0.4) is 0 Å². The van der Waals surface area contributed by atoms with E-state index in [0.717, 1.165) is 10.7 Å². The molecule has 1 aromatic rings. The lowest BCUT2D eigenvalue weighted by Gasteiger charge is -2.12. The van der Waals surface area contributed by atoms with E-state index in [0.29, 0.717) is 6.54 Å². The van der Waals surface area contributed by atoms with Crippen molar-refractivity contribution in [1.82, 2.24) is 14.1 Å². The average Bonchev–Trinajstić information content (AvgIpc) is 2.61. The summed E-state index contributed by atoms with van der Waals surface area (Å²) in [6.45, 7) is 2.59. The predicted molar refractivity (Wildman–Crippen MR) is 65.6 cm³/mol. The average molecular weight is 256 g/mol. The first-order valence-corrected chi connectivity index (χ1v) is 6.60. The molecule has 94 valence electrons. The lowest BCUT2D eigenvalue weighted by atomic mass is 10.5. The number of nitrogen functional groups attached to an aromatic ring is 1. The Morgan fingerprint density at radius 3 is 2.82 bits per heavy atom. The van der Waals surface area contributed by atoms with Gasteiger partial charge in [-0.25, -0.2) is 8.42 Å². The summed E-state index contributed by atoms with van der Waals surface area (Å²) in [5.41, 5.74) is 5.60. The zero-order valence-corrected chi connectivity index (χ0v) is 10.7. The van der Waals surface area contributed by atoms with E-state index in [1.807, 2.05) is 6.92 Å². The summed E-state index contributed by atoms with van der Waals surface area (Å²) in [5, 5.41) is 3.95. The number of nitrogens with zero attached hydrogens (tertiary/aromatic N) is 3. The normalized spacial score (nSPS) is 11.6. The smallest absolute Gasteiger partial charge is 0.248 e. The van der Waals surface area contributed by atoms with Crippen LogP contribution in [0.2, 0.25) is 0 Å². The molecule has 1 rings (SSSR count). The minimum atomic E-state index is -3.65. The highest BCUT2D eigenvalue weighted by molar-refractivity contribution is 7.89. The van der Waals surface area contributed by atoms with Gasteiger partial charge >= 0.3 is 0 Å². The maximum absolute atomic E-state index is 12.1. The highest BCUT2D eigenvalue weighted by atomic mass is 32.2. The summed E-state index contributed by atoms with van der Waals surface area (Å²) in [5.74, 6) is 2.28. The molecule has 6 nitrogen and oxygen atoms in total. The molecule has 0 aliphatic heterocycles. The molecule has 0 aliphatic rings. The number of aryl methyl sites for hydroxylation is 1. The van der Waals surface area contributed by atoms with E-state index in [4.69, 9.17) is 12.2 Å². The van der Waals surface area contributed by atoms with Crippen LogP contribution in [0.5, 0.6) is 0 Å². The van der Waals surface area contributed by atoms with Gasteiger partial charge in [-0.2, -0.15) is 9.40 Å². The zero-order chi connectivity index (χ0) is 13.1. The summed E-state index contributed by atoms with van der Waals surface area (Å²) in [6.07, 6.45) is 7.37. The Balaban J connectivity index is 3.11. The molecular weight excluding hydrogens is 240 g/mol. The van der Waals surface area contributed by atoms with Crippen molar-refractivity contribution in [3.05, 3.63) is 6.20 Å². The summed E-state index contributed by atoms with van der Waals surface area (Å²) < 4.78 is 26.7. The van der Waals surface area contributed by atoms with Gasteiger partial charge in [-0.15, -0.1) is 6.42 Å². The third-order valence-electron chi connectivity index (χ3n) is 2.21. The van der Waals surface area contributed by atoms with E-state index in [1.54, 1.807) is 0 Å². The Morgan fingerprint density at radius 1 is 1.65 bits per heavy atom. The van der Waals surface area contributed by atoms with Crippen molar-refractivity contribution in [3.63, 3.8) is 0 Å². The molecule has 7 heteroatoms. The molecule has 0 saturated heterocycles. The summed E-state index contributed by atoms with van der Waals surface area (Å²) in [4.78, 5) is 0.00343. The second-order valence-corrected chi connectivity index (χ2v) is 5.62. The molecule has 0 amide bonds. The molecule has 0 spiro atoms. The van der Waals surface area contributed by atoms with Gasteiger partial charge in [0.2, 0.25) is 10.0 Å². The topological polar surface area (TPSA) is 81.2 Å². The van der Waals surface area contributed by atoms with Crippen LogP contribution in [0.1, 0.15) is 13.3 Å². The molecule has 0 aliphatic carbocycles. The molecule has 0 radical (unpaired) electrons. The number of terminal acetylenes is 1. The fourth-order valence-electron chi connectivity index (χ4n) is 1.34. The van der Waals surface area contributed by atoms with Crippen LogP contribution >= 0.6 is 0 Å². The van der Waals surface area contributed by atoms with Crippen molar-refractivity contribution < 1.29 is 8.42 Å². The third kappa shape index (κ3) is 2.78. The van der Waals surface area contributed by atoms with Gasteiger partial charge in [0.05, 0.1) is 6.54 Å². The minimum Gasteiger partial charge on any atom is -0.381 e. The van der Waals surface area contributed by atoms with Crippen LogP contribution in [-0.4, -0.2) is 36.1 Å². The molecule has 0 atom stereocenters. The molecule has 0 fully saturated rings. The van der Waals surface area contributed by atoms with Crippen molar-refractivity contribution in [2.24, 2.45) is 0 Å². The SMILES string of the molecule is C#CCN(C)S(=O)(=O)c1cn(CCC)nc1N. The first-order chi connectivity index (χ1) is 7.93. The molecule has 2 N–H and O–H groups in total. The number of rotatable bonds is 5. The number of aromatic nitrogens is 2. The lowest BCUT2D eigenvalue weighted by Crippen LogP contribution is -2.27. The quantitative estimate of drug-likeness (QED) is 0.759. The van der Waals surface area contributed by atoms with Gasteiger partial charge in [0.1, 0.15) is 4.90 Å². The number of anilines is 1. The largest absolute Gasteiger partial charge is 0.381 e. The van der Waals surface area contributed by atoms with Crippen LogP contribution in [-0.2, 0) is 16.6 Å². The van der Waals surface area contributed by atoms with Crippen LogP contribution in [0, 0.1) is 12.3 Å². The highest BCUT2D eigenvalue weighted by Gasteiger charge is 2.25. The van der Waals surface area contributed by atoms with Gasteiger partial charge in [-0.05, 0) is 6.42 Å². The van der Waals surface area contributed by atoms with E-state index in [2.05, 4.69) is 11.0 Å². The first-order valence-electron chi connectivity index (χ1n) is 5.16. The van der Waals surface area contributed by atoms with Crippen LogP contribution in [0.4, 0.5) is 5.82 Å². The number of sulfonamides is 1. The maximum atomic E-state index is 12.1. The van der Waals surface area contributed by atoms with Crippen LogP contribution in [0.25, 0.3) is 0 Å². The van der Waals surface area contributed by atoms with Gasteiger partial charge in [-0.3, -0.25) is 4.68 Å². The summed E-state index contributed by atoms with van der Waals surface area (Å²) >= 11 is 0. The highest BCUT2D eigenvalue weighted by Crippen LogP contribution is 2.19. The Kier molecular flexibility index (Phi) is 4.15. The Hall–Kier alpha value is -1.52. The van der Waals surface area contributed by atoms with Crippen molar-refractivity contribution in [2.45, 2.75) is 24.8 Å². The van der Waals surface area contributed by atoms with E-state index >= 15 is 0 Å². The van der Waals surface area contributed by atoms with Crippen LogP contribution < -0.4 is 5.73 Å². The predicted octanol–water partition coefficient (Wildman–Crippen LogP) is 0.129. The van der Waals surface area contributed by atoms with Crippen molar-refractivity contribution in [3.8, 4) is 12.3 Å². The Labute approximate surface area is 101 Å². The first kappa shape index (κ1) is 13.5. The zero-order valence-electron chi connectivity index (χ0n) is 9.92. The summed E-state index contributed by atoms with van der Waals surface area (Å²) in [6, 6.07) is 0. The molecular formula is C10H16N4O2S. The number of hydrogen-bond acceptors (Lipinski definition) is 4. The third-order valence-corrected chi connectivity index (χ3v) is 4.03. The van der Waals surface area contributed by atoms with Gasteiger partial charge in [0, 0.05) is 19.8 Å². The molecule has 0 bridgehead atoms. The summed E-state index contributed by atoms with van der Waals surface area (Å²) in [7, 11) is -2.24. The second kappa shape index (κ2) is 5.21. The molecule has 1 heterocycles. The monoisotopic (exact) mass is 256 g/mol. The molecule has 17 heavy (non-hydrogen) atoms. The van der Waals surface area contributed by atoms with Gasteiger partial charge in [0.25, 0.3) is 0 Å². The van der Waals surface area contributed by atoms with Crippen molar-refractivity contribution in [2.75, 3.05) is 19.3 Å². The number of hydrogen-bond donors (Lipinski definition) is 1. The van der Waals surface area contributed by atoms with E-state index in [-0.39, 0.29) is 17.3 Å². The fraction of sp³-hybridized carbons (Fsp3) is 0.500. The molecule has 0 saturated carbocycles. The maximum Gasteiger partial charge on any atom is 0.248 e. The second-order valence-electron chi connectivity index (χ2n) is 3.61. The Bertz CT molecular complexity index is 527. The molecule has 1 aromatic heterocycles. The van der Waals surface area contributed by atoms with Gasteiger partial charge in [-0.1, -0.05) is 12.8 Å². The standard InChI is InChI=1S/C10H16N4O2S/c1-4-6-13(3)17(15,16)9-8-14(7-5-2)12-10(9)11/h1,8H,5-7H2,2-3H3,(H2,11,12). The van der Waals surface area contributed by atoms with E-state index < -0.39 is 10.0 Å². The Morgan fingerprint density at radius 2 is 2.29 bits per heavy atom. The molecule has 0 unspecified atom stereocenters. The van der Waals surface area contributed by atoms with E-state index in [9.17, 15) is 8.42 Å².